The van der Waals surface area contributed by atoms with Gasteiger partial charge in [0.15, 0.2) is 0 Å². The van der Waals surface area contributed by atoms with E-state index in [2.05, 4.69) is 85.9 Å². The third-order valence-corrected chi connectivity index (χ3v) is 15.7. The first kappa shape index (κ1) is 25.7. The Morgan fingerprint density at radius 1 is 0.710 bits per heavy atom. The van der Waals surface area contributed by atoms with Crippen LogP contribution in [0, 0.1) is 0 Å². The lowest BCUT2D eigenvalue weighted by molar-refractivity contribution is 0.199. The van der Waals surface area contributed by atoms with E-state index in [4.69, 9.17) is 8.85 Å². The minimum atomic E-state index is -1.94. The van der Waals surface area contributed by atoms with E-state index in [1.165, 1.54) is 0 Å². The van der Waals surface area contributed by atoms with Gasteiger partial charge in [0.05, 0.1) is 6.10 Å². The van der Waals surface area contributed by atoms with Gasteiger partial charge in [-0.3, -0.25) is 0 Å². The molecule has 0 bridgehead atoms. The maximum Gasteiger partial charge on any atom is 0.250 e. The predicted molar refractivity (Wildman–Crippen MR) is 138 cm³/mol. The highest BCUT2D eigenvalue weighted by atomic mass is 28.4. The summed E-state index contributed by atoms with van der Waals surface area (Å²) >= 11 is 0. The summed E-state index contributed by atoms with van der Waals surface area (Å²) in [5.74, 6) is 1.75. The van der Waals surface area contributed by atoms with E-state index in [1.54, 1.807) is 0 Å². The molecule has 31 heavy (non-hydrogen) atoms. The van der Waals surface area contributed by atoms with Gasteiger partial charge in [-0.1, -0.05) is 59.7 Å². The number of benzene rings is 2. The second-order valence-electron chi connectivity index (χ2n) is 11.7. The Labute approximate surface area is 192 Å². The highest BCUT2D eigenvalue weighted by Gasteiger charge is 2.40. The molecule has 0 aliphatic carbocycles. The van der Waals surface area contributed by atoms with Gasteiger partial charge < -0.3 is 14.0 Å². The maximum atomic E-state index is 10.5. The Kier molecular flexibility index (Phi) is 7.26. The Morgan fingerprint density at radius 3 is 1.55 bits per heavy atom. The number of rotatable bonds is 6. The van der Waals surface area contributed by atoms with E-state index in [0.29, 0.717) is 0 Å². The molecule has 5 heteroatoms. The molecule has 1 N–H and O–H groups in total. The lowest BCUT2D eigenvalue weighted by atomic mass is 9.96. The summed E-state index contributed by atoms with van der Waals surface area (Å²) in [6.07, 6.45) is -0.582. The van der Waals surface area contributed by atoms with Crippen molar-refractivity contribution in [2.45, 2.75) is 90.8 Å². The fraction of sp³-hybridized carbons (Fsp3) is 0.538. The first-order valence-corrected chi connectivity index (χ1v) is 17.1. The van der Waals surface area contributed by atoms with Gasteiger partial charge in [0, 0.05) is 0 Å². The van der Waals surface area contributed by atoms with Gasteiger partial charge >= 0.3 is 0 Å². The van der Waals surface area contributed by atoms with Crippen LogP contribution < -0.4 is 8.85 Å². The molecule has 172 valence electrons. The minimum Gasteiger partial charge on any atom is -0.544 e. The molecule has 0 saturated heterocycles. The number of hydrogen-bond donors (Lipinski definition) is 1. The summed E-state index contributed by atoms with van der Waals surface area (Å²) in [6, 6.07) is 14.3. The molecule has 0 amide bonds. The van der Waals surface area contributed by atoms with E-state index in [0.717, 1.165) is 28.2 Å². The molecule has 2 aromatic carbocycles. The van der Waals surface area contributed by atoms with Crippen molar-refractivity contribution in [3.8, 4) is 22.6 Å². The third-order valence-electron chi connectivity index (χ3n) is 7.00. The summed E-state index contributed by atoms with van der Waals surface area (Å²) in [5.41, 5.74) is 2.98. The highest BCUT2D eigenvalue weighted by Crippen LogP contribution is 2.40. The Morgan fingerprint density at radius 2 is 1.13 bits per heavy atom. The zero-order valence-electron chi connectivity index (χ0n) is 21.4. The van der Waals surface area contributed by atoms with Crippen molar-refractivity contribution in [3.63, 3.8) is 0 Å². The summed E-state index contributed by atoms with van der Waals surface area (Å²) in [5, 5.41) is 10.8. The summed E-state index contributed by atoms with van der Waals surface area (Å²) < 4.78 is 12.9. The number of hydrogen-bond acceptors (Lipinski definition) is 3. The number of aliphatic hydroxyl groups is 1. The van der Waals surface area contributed by atoms with Crippen LogP contribution >= 0.6 is 0 Å². The molecular formula is C26H42O3Si2. The van der Waals surface area contributed by atoms with Crippen LogP contribution in [0.3, 0.4) is 0 Å². The predicted octanol–water partition coefficient (Wildman–Crippen LogP) is 8.17. The van der Waals surface area contributed by atoms with Crippen molar-refractivity contribution in [3.05, 3.63) is 48.0 Å². The van der Waals surface area contributed by atoms with Crippen LogP contribution in [0.5, 0.6) is 11.5 Å². The van der Waals surface area contributed by atoms with Crippen molar-refractivity contribution in [2.75, 3.05) is 0 Å². The lowest BCUT2D eigenvalue weighted by Gasteiger charge is -2.36. The monoisotopic (exact) mass is 458 g/mol. The first-order valence-electron chi connectivity index (χ1n) is 11.3. The van der Waals surface area contributed by atoms with E-state index in [9.17, 15) is 5.11 Å². The Balaban J connectivity index is 2.34. The molecule has 0 aliphatic rings. The van der Waals surface area contributed by atoms with Crippen LogP contribution in [0.2, 0.25) is 36.3 Å². The van der Waals surface area contributed by atoms with Crippen molar-refractivity contribution in [2.24, 2.45) is 0 Å². The topological polar surface area (TPSA) is 38.7 Å². The number of aliphatic hydroxyl groups excluding tert-OH is 1. The van der Waals surface area contributed by atoms with E-state index >= 15 is 0 Å². The van der Waals surface area contributed by atoms with Crippen LogP contribution in [-0.4, -0.2) is 21.7 Å². The Bertz CT molecular complexity index is 886. The third kappa shape index (κ3) is 6.02. The fourth-order valence-corrected chi connectivity index (χ4v) is 4.86. The second-order valence-corrected chi connectivity index (χ2v) is 21.1. The maximum absolute atomic E-state index is 10.5. The van der Waals surface area contributed by atoms with Gasteiger partial charge in [-0.15, -0.1) is 0 Å². The van der Waals surface area contributed by atoms with Crippen LogP contribution in [0.25, 0.3) is 11.1 Å². The lowest BCUT2D eigenvalue weighted by Crippen LogP contribution is -2.43. The van der Waals surface area contributed by atoms with Crippen molar-refractivity contribution >= 4 is 16.6 Å². The summed E-state index contributed by atoms with van der Waals surface area (Å²) in [4.78, 5) is 0. The molecule has 0 radical (unpaired) electrons. The summed E-state index contributed by atoms with van der Waals surface area (Å²) in [6.45, 7) is 24.2. The van der Waals surface area contributed by atoms with Gasteiger partial charge in [-0.2, -0.15) is 0 Å². The molecule has 2 aromatic rings. The van der Waals surface area contributed by atoms with E-state index in [-0.39, 0.29) is 10.1 Å². The zero-order valence-corrected chi connectivity index (χ0v) is 23.4. The first-order chi connectivity index (χ1) is 13.9. The van der Waals surface area contributed by atoms with Crippen molar-refractivity contribution in [1.82, 2.24) is 0 Å². The molecule has 0 saturated carbocycles. The minimum absolute atomic E-state index is 0.122. The molecule has 0 heterocycles. The molecule has 1 unspecified atom stereocenters. The average molecular weight is 459 g/mol. The molecule has 0 aliphatic heterocycles. The molecule has 2 rings (SSSR count). The Hall–Kier alpha value is -1.57. The van der Waals surface area contributed by atoms with Crippen molar-refractivity contribution in [1.29, 1.82) is 0 Å². The van der Waals surface area contributed by atoms with Gasteiger partial charge in [0.1, 0.15) is 11.5 Å². The normalized spacial score (nSPS) is 14.3. The van der Waals surface area contributed by atoms with Crippen LogP contribution in [-0.2, 0) is 0 Å². The van der Waals surface area contributed by atoms with E-state index in [1.807, 2.05) is 31.2 Å². The van der Waals surface area contributed by atoms with Gasteiger partial charge in [-0.25, -0.2) is 0 Å². The highest BCUT2D eigenvalue weighted by molar-refractivity contribution is 6.75. The van der Waals surface area contributed by atoms with E-state index < -0.39 is 22.7 Å². The standard InChI is InChI=1S/C26H42O3Si2/c1-19(27)24-18-22(29-31(10,11)26(5,6)7)16-17-23(24)20-12-14-21(15-13-20)28-30(8,9)25(2,3)4/h12-19,27H,1-11H3. The quantitative estimate of drug-likeness (QED) is 0.444. The molecule has 1 atom stereocenters. The van der Waals surface area contributed by atoms with Gasteiger partial charge in [-0.05, 0) is 84.1 Å². The zero-order chi connectivity index (χ0) is 23.8. The van der Waals surface area contributed by atoms with Gasteiger partial charge in [0.2, 0.25) is 16.6 Å². The largest absolute Gasteiger partial charge is 0.544 e. The second kappa shape index (κ2) is 8.76. The van der Waals surface area contributed by atoms with Crippen LogP contribution in [0.1, 0.15) is 60.1 Å². The SMILES string of the molecule is CC(O)c1cc(O[Si](C)(C)C(C)(C)C)ccc1-c1ccc(O[Si](C)(C)C(C)(C)C)cc1. The molecule has 3 nitrogen and oxygen atoms in total. The smallest absolute Gasteiger partial charge is 0.250 e. The molecule has 0 fully saturated rings. The van der Waals surface area contributed by atoms with Crippen LogP contribution in [0.15, 0.2) is 42.5 Å². The molecular weight excluding hydrogens is 416 g/mol. The molecule has 0 spiro atoms. The fourth-order valence-electron chi connectivity index (χ4n) is 2.81. The van der Waals surface area contributed by atoms with Gasteiger partial charge in [0.25, 0.3) is 0 Å². The van der Waals surface area contributed by atoms with Crippen LogP contribution in [0.4, 0.5) is 0 Å². The molecule has 0 aromatic heterocycles. The van der Waals surface area contributed by atoms with Crippen molar-refractivity contribution < 1.29 is 14.0 Å². The summed E-state index contributed by atoms with van der Waals surface area (Å²) in [7, 11) is -3.81. The average Bonchev–Trinajstić information content (AvgIpc) is 2.60.